The van der Waals surface area contributed by atoms with E-state index < -0.39 is 16.5 Å². The summed E-state index contributed by atoms with van der Waals surface area (Å²) in [6.45, 7) is 40.7. The summed E-state index contributed by atoms with van der Waals surface area (Å²) in [5.41, 5.74) is 11.1. The number of benzene rings is 3. The number of carboxylic acid groups (broad SMARTS) is 1. The second kappa shape index (κ2) is 16.3. The van der Waals surface area contributed by atoms with Gasteiger partial charge in [-0.1, -0.05) is 161 Å². The van der Waals surface area contributed by atoms with Crippen molar-refractivity contribution in [2.24, 2.45) is 0 Å². The maximum absolute atomic E-state index is 13.7. The lowest BCUT2D eigenvalue weighted by atomic mass is 9.89. The highest BCUT2D eigenvalue weighted by Crippen LogP contribution is 2.76. The molecule has 0 saturated heterocycles. The largest absolute Gasteiger partial charge is 0.517 e. The summed E-state index contributed by atoms with van der Waals surface area (Å²) >= 11 is 0. The minimum absolute atomic E-state index is 0.144. The molecule has 4 heteroatoms. The van der Waals surface area contributed by atoms with Gasteiger partial charge in [0.15, 0.2) is 0 Å². The van der Waals surface area contributed by atoms with E-state index in [0.29, 0.717) is 17.8 Å². The second-order valence-electron chi connectivity index (χ2n) is 17.4. The van der Waals surface area contributed by atoms with E-state index in [9.17, 15) is 9.90 Å². The fourth-order valence-corrected chi connectivity index (χ4v) is 12.0. The predicted molar refractivity (Wildman–Crippen MR) is 218 cm³/mol. The second-order valence-corrected chi connectivity index (χ2v) is 19.9. The van der Waals surface area contributed by atoms with Gasteiger partial charge in [-0.3, -0.25) is 0 Å². The van der Waals surface area contributed by atoms with E-state index in [1.807, 2.05) is 0 Å². The van der Waals surface area contributed by atoms with E-state index in [-0.39, 0.29) is 35.5 Å². The van der Waals surface area contributed by atoms with Crippen LogP contribution in [-0.2, 0) is 4.18 Å². The van der Waals surface area contributed by atoms with Crippen molar-refractivity contribution in [1.82, 2.24) is 0 Å². The van der Waals surface area contributed by atoms with Crippen molar-refractivity contribution in [3.63, 3.8) is 0 Å². The van der Waals surface area contributed by atoms with Gasteiger partial charge in [-0.2, -0.15) is 0 Å². The monoisotopic (exact) mass is 703 g/mol. The average Bonchev–Trinajstić information content (AvgIpc) is 3.01. The average molecular weight is 703 g/mol. The molecule has 0 heterocycles. The first-order valence-electron chi connectivity index (χ1n) is 19.4. The van der Waals surface area contributed by atoms with Gasteiger partial charge >= 0.3 is 6.16 Å². The minimum atomic E-state index is -2.91. The summed E-state index contributed by atoms with van der Waals surface area (Å²) in [7, 11) is -2.91. The van der Waals surface area contributed by atoms with Crippen molar-refractivity contribution in [2.45, 2.75) is 193 Å². The zero-order valence-electron chi connectivity index (χ0n) is 34.8. The van der Waals surface area contributed by atoms with E-state index in [2.05, 4.69) is 161 Å². The van der Waals surface area contributed by atoms with Crippen LogP contribution in [-0.4, -0.2) is 11.3 Å². The van der Waals surface area contributed by atoms with Crippen LogP contribution in [0.3, 0.4) is 0 Å². The highest BCUT2D eigenvalue weighted by atomic mass is 32.3. The van der Waals surface area contributed by atoms with Crippen molar-refractivity contribution >= 4 is 16.5 Å². The maximum Gasteiger partial charge on any atom is 0.517 e. The van der Waals surface area contributed by atoms with Gasteiger partial charge in [-0.05, 0) is 114 Å². The van der Waals surface area contributed by atoms with Crippen LogP contribution >= 0.6 is 10.3 Å². The van der Waals surface area contributed by atoms with Gasteiger partial charge in [-0.25, -0.2) is 4.79 Å². The first-order chi connectivity index (χ1) is 23.1. The molecule has 0 unspecified atom stereocenters. The standard InChI is InChI=1S/C46H70O3S/c1-25(2)34-19-37(28(7)8)43(38(20-34)29(9)10)50(49-46(47)48,44-39(30(11)12)21-35(26(3)4)22-40(44)31(13)14)45-41(32(15)16)23-36(27(5)6)24-42(45)33(17)18/h19-33H,1-18H3,(H,47,48). The Labute approximate surface area is 308 Å². The topological polar surface area (TPSA) is 46.5 Å². The molecule has 0 spiro atoms. The molecule has 3 rings (SSSR count). The molecule has 0 bridgehead atoms. The van der Waals surface area contributed by atoms with Gasteiger partial charge in [-0.15, -0.1) is 0 Å². The Hall–Kier alpha value is -2.72. The van der Waals surface area contributed by atoms with Crippen LogP contribution in [0.1, 0.15) is 228 Å². The first kappa shape index (κ1) is 41.7. The summed E-state index contributed by atoms with van der Waals surface area (Å²) < 4.78 is 7.04. The molecule has 0 radical (unpaired) electrons. The Morgan fingerprint density at radius 3 is 0.700 bits per heavy atom. The highest BCUT2D eigenvalue weighted by Gasteiger charge is 2.47. The first-order valence-corrected chi connectivity index (χ1v) is 20.9. The van der Waals surface area contributed by atoms with Gasteiger partial charge in [0.05, 0.1) is 0 Å². The van der Waals surface area contributed by atoms with Gasteiger partial charge in [0.25, 0.3) is 0 Å². The summed E-state index contributed by atoms with van der Waals surface area (Å²) in [5, 5.41) is 11.2. The molecule has 0 fully saturated rings. The molecule has 3 nitrogen and oxygen atoms in total. The SMILES string of the molecule is CC(C)c1cc(C(C)C)c(S(OC(=O)O)(c2c(C(C)C)cc(C(C)C)cc2C(C)C)c2c(C(C)C)cc(C(C)C)cc2C(C)C)c(C(C)C)c1. The van der Waals surface area contributed by atoms with Crippen molar-refractivity contribution in [3.05, 3.63) is 86.5 Å². The molecule has 0 aliphatic rings. The van der Waals surface area contributed by atoms with Gasteiger partial charge in [0.2, 0.25) is 0 Å². The third-order valence-corrected chi connectivity index (χ3v) is 13.8. The number of hydrogen-bond donors (Lipinski definition) is 1. The van der Waals surface area contributed by atoms with Gasteiger partial charge in [0, 0.05) is 14.7 Å². The summed E-state index contributed by atoms with van der Waals surface area (Å²) in [6, 6.07) is 14.3. The Morgan fingerprint density at radius 1 is 0.400 bits per heavy atom. The number of rotatable bonds is 13. The minimum Gasteiger partial charge on any atom is -0.449 e. The molecule has 278 valence electrons. The van der Waals surface area contributed by atoms with E-state index in [0.717, 1.165) is 14.7 Å². The Balaban J connectivity index is 3.07. The van der Waals surface area contributed by atoms with Crippen LogP contribution in [0.5, 0.6) is 0 Å². The Bertz CT molecular complexity index is 1380. The zero-order chi connectivity index (χ0) is 38.2. The number of carbonyl (C=O) groups is 1. The van der Waals surface area contributed by atoms with E-state index in [1.165, 1.54) is 50.1 Å². The molecule has 0 aromatic heterocycles. The molecule has 0 aliphatic heterocycles. The smallest absolute Gasteiger partial charge is 0.449 e. The lowest BCUT2D eigenvalue weighted by Crippen LogP contribution is -2.23. The molecular weight excluding hydrogens is 633 g/mol. The Kier molecular flexibility index (Phi) is 13.6. The van der Waals surface area contributed by atoms with Crippen molar-refractivity contribution < 1.29 is 14.1 Å². The van der Waals surface area contributed by atoms with Crippen molar-refractivity contribution in [2.75, 3.05) is 0 Å². The van der Waals surface area contributed by atoms with Crippen LogP contribution in [0.25, 0.3) is 0 Å². The number of hydrogen-bond acceptors (Lipinski definition) is 2. The van der Waals surface area contributed by atoms with Gasteiger partial charge in [0.1, 0.15) is 0 Å². The summed E-state index contributed by atoms with van der Waals surface area (Å²) in [4.78, 5) is 17.0. The predicted octanol–water partition coefficient (Wildman–Crippen LogP) is 15.7. The molecule has 3 aromatic carbocycles. The molecule has 0 saturated carbocycles. The van der Waals surface area contributed by atoms with Crippen molar-refractivity contribution in [3.8, 4) is 0 Å². The van der Waals surface area contributed by atoms with Crippen LogP contribution in [0, 0.1) is 0 Å². The van der Waals surface area contributed by atoms with Crippen LogP contribution in [0.4, 0.5) is 4.79 Å². The van der Waals surface area contributed by atoms with E-state index >= 15 is 0 Å². The molecule has 0 aliphatic carbocycles. The fourth-order valence-electron chi connectivity index (χ4n) is 7.20. The zero-order valence-corrected chi connectivity index (χ0v) is 35.6. The fraction of sp³-hybridized carbons (Fsp3) is 0.587. The normalized spacial score (nSPS) is 13.1. The van der Waals surface area contributed by atoms with Gasteiger partial charge < -0.3 is 9.29 Å². The summed E-state index contributed by atoms with van der Waals surface area (Å²) in [5.74, 6) is 1.85. The summed E-state index contributed by atoms with van der Waals surface area (Å²) in [6.07, 6.45) is -1.22. The van der Waals surface area contributed by atoms with Crippen LogP contribution in [0.15, 0.2) is 51.1 Å². The third kappa shape index (κ3) is 8.16. The molecule has 3 aromatic rings. The molecule has 0 atom stereocenters. The molecule has 0 amide bonds. The van der Waals surface area contributed by atoms with E-state index in [1.54, 1.807) is 0 Å². The molecular formula is C46H70O3S. The quantitative estimate of drug-likeness (QED) is 0.193. The lowest BCUT2D eigenvalue weighted by molar-refractivity contribution is 0.150. The van der Waals surface area contributed by atoms with Crippen LogP contribution in [0.2, 0.25) is 0 Å². The Morgan fingerprint density at radius 2 is 0.580 bits per heavy atom. The van der Waals surface area contributed by atoms with E-state index in [4.69, 9.17) is 4.18 Å². The lowest BCUT2D eigenvalue weighted by Gasteiger charge is -2.48. The molecule has 50 heavy (non-hydrogen) atoms. The van der Waals surface area contributed by atoms with Crippen molar-refractivity contribution in [1.29, 1.82) is 0 Å². The highest BCUT2D eigenvalue weighted by molar-refractivity contribution is 8.30. The molecule has 1 N–H and O–H groups in total. The maximum atomic E-state index is 13.7. The third-order valence-electron chi connectivity index (χ3n) is 10.3. The van der Waals surface area contributed by atoms with Crippen LogP contribution < -0.4 is 0 Å².